The maximum Gasteiger partial charge on any atom is 0.262 e. The highest BCUT2D eigenvalue weighted by molar-refractivity contribution is 7.80. The Balaban J connectivity index is 1.70. The molecule has 2 unspecified atom stereocenters. The van der Waals surface area contributed by atoms with E-state index in [1.165, 1.54) is 5.56 Å². The largest absolute Gasteiger partial charge is 0.297 e. The molecule has 2 aromatic rings. The van der Waals surface area contributed by atoms with Gasteiger partial charge in [0, 0.05) is 19.6 Å². The van der Waals surface area contributed by atoms with Crippen LogP contribution < -0.4 is 4.31 Å². The molecular formula is C18H22N2O2S. The van der Waals surface area contributed by atoms with Crippen LogP contribution in [0.25, 0.3) is 0 Å². The number of anilines is 1. The third-order valence-electron chi connectivity index (χ3n) is 4.28. The van der Waals surface area contributed by atoms with Crippen LogP contribution in [0.2, 0.25) is 0 Å². The van der Waals surface area contributed by atoms with Gasteiger partial charge in [0.05, 0.1) is 11.7 Å². The summed E-state index contributed by atoms with van der Waals surface area (Å²) in [5.41, 5.74) is 3.23. The monoisotopic (exact) mass is 330 g/mol. The molecule has 0 aliphatic carbocycles. The summed E-state index contributed by atoms with van der Waals surface area (Å²) in [6.45, 7) is 4.65. The van der Waals surface area contributed by atoms with Crippen molar-refractivity contribution in [3.63, 3.8) is 0 Å². The summed E-state index contributed by atoms with van der Waals surface area (Å²) >= 11 is -2.01. The Morgan fingerprint density at radius 3 is 2.52 bits per heavy atom. The van der Waals surface area contributed by atoms with E-state index in [1.54, 1.807) is 4.31 Å². The highest BCUT2D eigenvalue weighted by Gasteiger charge is 2.30. The number of nitrogens with zero attached hydrogens (tertiary/aromatic N) is 2. The first-order chi connectivity index (χ1) is 11.1. The molecule has 0 amide bonds. The molecule has 2 aromatic carbocycles. The van der Waals surface area contributed by atoms with Crippen LogP contribution in [-0.2, 0) is 17.8 Å². The molecule has 1 N–H and O–H groups in total. The van der Waals surface area contributed by atoms with E-state index >= 15 is 0 Å². The molecule has 0 aromatic heterocycles. The van der Waals surface area contributed by atoms with Gasteiger partial charge in [-0.1, -0.05) is 48.0 Å². The fraction of sp³-hybridized carbons (Fsp3) is 0.333. The van der Waals surface area contributed by atoms with Crippen molar-refractivity contribution in [1.29, 1.82) is 0 Å². The van der Waals surface area contributed by atoms with Gasteiger partial charge in [-0.2, -0.15) is 0 Å². The number of hydrogen-bond donors (Lipinski definition) is 1. The summed E-state index contributed by atoms with van der Waals surface area (Å²) in [5.74, 6) is 0. The van der Waals surface area contributed by atoms with Crippen LogP contribution in [0.5, 0.6) is 0 Å². The molecule has 1 aliphatic rings. The average molecular weight is 330 g/mol. The first kappa shape index (κ1) is 16.2. The topological polar surface area (TPSA) is 43.8 Å². The van der Waals surface area contributed by atoms with Crippen molar-refractivity contribution in [3.05, 3.63) is 65.7 Å². The van der Waals surface area contributed by atoms with Crippen LogP contribution in [-0.4, -0.2) is 32.8 Å². The second-order valence-corrected chi connectivity index (χ2v) is 6.91. The van der Waals surface area contributed by atoms with E-state index in [2.05, 4.69) is 17.0 Å². The van der Waals surface area contributed by atoms with E-state index in [0.717, 1.165) is 37.3 Å². The summed E-state index contributed by atoms with van der Waals surface area (Å²) in [6, 6.07) is 18.2. The molecule has 2 atom stereocenters. The number of likely N-dealkylation sites (tertiary alicyclic amines) is 1. The molecule has 3 rings (SSSR count). The van der Waals surface area contributed by atoms with E-state index < -0.39 is 11.3 Å². The Kier molecular flexibility index (Phi) is 5.10. The van der Waals surface area contributed by atoms with Crippen molar-refractivity contribution in [2.24, 2.45) is 0 Å². The third kappa shape index (κ3) is 3.99. The van der Waals surface area contributed by atoms with Gasteiger partial charge >= 0.3 is 0 Å². The lowest BCUT2D eigenvalue weighted by Gasteiger charge is -2.27. The fourth-order valence-electron chi connectivity index (χ4n) is 3.11. The maximum absolute atomic E-state index is 11.9. The Morgan fingerprint density at radius 2 is 1.87 bits per heavy atom. The van der Waals surface area contributed by atoms with E-state index in [0.29, 0.717) is 0 Å². The van der Waals surface area contributed by atoms with Crippen molar-refractivity contribution in [3.8, 4) is 0 Å². The van der Waals surface area contributed by atoms with Crippen LogP contribution >= 0.6 is 0 Å². The molecular weight excluding hydrogens is 308 g/mol. The Morgan fingerprint density at radius 1 is 1.17 bits per heavy atom. The van der Waals surface area contributed by atoms with Gasteiger partial charge < -0.3 is 0 Å². The van der Waals surface area contributed by atoms with Crippen molar-refractivity contribution in [2.45, 2.75) is 25.9 Å². The van der Waals surface area contributed by atoms with Crippen LogP contribution in [0.3, 0.4) is 0 Å². The van der Waals surface area contributed by atoms with E-state index in [1.807, 2.05) is 49.4 Å². The summed E-state index contributed by atoms with van der Waals surface area (Å²) in [4.78, 5) is 2.34. The summed E-state index contributed by atoms with van der Waals surface area (Å²) in [6.07, 6.45) is 0.896. The van der Waals surface area contributed by atoms with Crippen LogP contribution in [0.1, 0.15) is 17.5 Å². The highest BCUT2D eigenvalue weighted by atomic mass is 32.2. The lowest BCUT2D eigenvalue weighted by atomic mass is 10.2. The molecule has 0 saturated carbocycles. The third-order valence-corrected chi connectivity index (χ3v) is 5.13. The second-order valence-electron chi connectivity index (χ2n) is 6.06. The van der Waals surface area contributed by atoms with Crippen molar-refractivity contribution < 1.29 is 8.76 Å². The second kappa shape index (κ2) is 7.25. The van der Waals surface area contributed by atoms with E-state index in [9.17, 15) is 8.76 Å². The Hall–Kier alpha value is -1.69. The Bertz CT molecular complexity index is 660. The molecule has 4 nitrogen and oxygen atoms in total. The minimum Gasteiger partial charge on any atom is -0.297 e. The van der Waals surface area contributed by atoms with E-state index in [-0.39, 0.29) is 6.04 Å². The minimum absolute atomic E-state index is 0.0623. The SMILES string of the molecule is Cc1ccc(N(C2CCN(Cc3ccccc3)C2)S(=O)O)cc1. The van der Waals surface area contributed by atoms with Gasteiger partial charge in [-0.3, -0.25) is 13.8 Å². The maximum atomic E-state index is 11.9. The van der Waals surface area contributed by atoms with Gasteiger partial charge in [0.2, 0.25) is 0 Å². The van der Waals surface area contributed by atoms with Gasteiger partial charge in [0.15, 0.2) is 0 Å². The first-order valence-electron chi connectivity index (χ1n) is 7.86. The fourth-order valence-corrected chi connectivity index (χ4v) is 3.84. The smallest absolute Gasteiger partial charge is 0.262 e. The molecule has 0 bridgehead atoms. The number of hydrogen-bond acceptors (Lipinski definition) is 2. The summed E-state index contributed by atoms with van der Waals surface area (Å²) < 4.78 is 23.2. The minimum atomic E-state index is -2.01. The molecule has 1 aliphatic heterocycles. The van der Waals surface area contributed by atoms with Crippen molar-refractivity contribution >= 4 is 17.0 Å². The van der Waals surface area contributed by atoms with Gasteiger partial charge in [0.25, 0.3) is 11.3 Å². The number of rotatable bonds is 5. The molecule has 0 radical (unpaired) electrons. The van der Waals surface area contributed by atoms with Gasteiger partial charge in [-0.15, -0.1) is 0 Å². The van der Waals surface area contributed by atoms with Crippen molar-refractivity contribution in [2.75, 3.05) is 17.4 Å². The average Bonchev–Trinajstić information content (AvgIpc) is 2.98. The van der Waals surface area contributed by atoms with Gasteiger partial charge in [-0.05, 0) is 31.0 Å². The van der Waals surface area contributed by atoms with Crippen LogP contribution in [0, 0.1) is 6.92 Å². The first-order valence-corrected chi connectivity index (χ1v) is 8.93. The van der Waals surface area contributed by atoms with Crippen LogP contribution in [0.15, 0.2) is 54.6 Å². The zero-order chi connectivity index (χ0) is 16.2. The van der Waals surface area contributed by atoms with Gasteiger partial charge in [-0.25, -0.2) is 4.21 Å². The zero-order valence-corrected chi connectivity index (χ0v) is 14.1. The predicted molar refractivity (Wildman–Crippen MR) is 94.6 cm³/mol. The summed E-state index contributed by atoms with van der Waals surface area (Å²) in [7, 11) is 0. The van der Waals surface area contributed by atoms with Crippen LogP contribution in [0.4, 0.5) is 5.69 Å². The number of benzene rings is 2. The molecule has 0 spiro atoms. The predicted octanol–water partition coefficient (Wildman–Crippen LogP) is 3.21. The zero-order valence-electron chi connectivity index (χ0n) is 13.3. The molecule has 23 heavy (non-hydrogen) atoms. The Labute approximate surface area is 140 Å². The quantitative estimate of drug-likeness (QED) is 0.856. The highest BCUT2D eigenvalue weighted by Crippen LogP contribution is 2.25. The molecule has 5 heteroatoms. The normalized spacial score (nSPS) is 19.7. The van der Waals surface area contributed by atoms with Gasteiger partial charge in [0.1, 0.15) is 0 Å². The standard InChI is InChI=1S/C18H22N2O2S/c1-15-7-9-17(10-8-15)20(23(21)22)18-11-12-19(14-18)13-16-5-3-2-4-6-16/h2-10,18H,11-14H2,1H3,(H,21,22). The molecule has 1 fully saturated rings. The van der Waals surface area contributed by atoms with E-state index in [4.69, 9.17) is 0 Å². The molecule has 1 heterocycles. The number of aryl methyl sites for hydroxylation is 1. The van der Waals surface area contributed by atoms with Crippen molar-refractivity contribution in [1.82, 2.24) is 4.90 Å². The summed E-state index contributed by atoms with van der Waals surface area (Å²) in [5, 5.41) is 0. The molecule has 1 saturated heterocycles. The molecule has 122 valence electrons. The lowest BCUT2D eigenvalue weighted by molar-refractivity contribution is 0.327. The lowest BCUT2D eigenvalue weighted by Crippen LogP contribution is -2.38.